The van der Waals surface area contributed by atoms with Crippen LogP contribution < -0.4 is 5.56 Å². The number of fused-ring (bicyclic) bond motifs is 1. The van der Waals surface area contributed by atoms with Crippen molar-refractivity contribution in [1.29, 1.82) is 0 Å². The lowest BCUT2D eigenvalue weighted by atomic mass is 9.98. The van der Waals surface area contributed by atoms with Gasteiger partial charge in [-0.25, -0.2) is 4.68 Å². The van der Waals surface area contributed by atoms with E-state index in [0.29, 0.717) is 19.1 Å². The fourth-order valence-electron chi connectivity index (χ4n) is 5.92. The minimum absolute atomic E-state index is 0.0360. The Morgan fingerprint density at radius 3 is 2.43 bits per heavy atom. The molecule has 0 aliphatic heterocycles. The number of tetrazole rings is 1. The molecule has 1 aliphatic carbocycles. The summed E-state index contributed by atoms with van der Waals surface area (Å²) in [6, 6.07) is 15.3. The number of aromatic amines is 1. The van der Waals surface area contributed by atoms with Crippen molar-refractivity contribution >= 4 is 10.9 Å². The van der Waals surface area contributed by atoms with Gasteiger partial charge in [-0.15, -0.1) is 5.10 Å². The topological polar surface area (TPSA) is 79.7 Å². The number of nitrogens with zero attached hydrogens (tertiary/aromatic N) is 5. The summed E-state index contributed by atoms with van der Waals surface area (Å²) in [5, 5.41) is 14.2. The van der Waals surface area contributed by atoms with Crippen molar-refractivity contribution in [2.24, 2.45) is 5.92 Å². The molecule has 2 aromatic heterocycles. The van der Waals surface area contributed by atoms with E-state index in [9.17, 15) is 4.79 Å². The maximum atomic E-state index is 13.3. The second-order valence-electron chi connectivity index (χ2n) is 11.2. The summed E-state index contributed by atoms with van der Waals surface area (Å²) in [6.45, 7) is 11.9. The number of pyridine rings is 1. The second kappa shape index (κ2) is 10.6. The van der Waals surface area contributed by atoms with Crippen molar-refractivity contribution in [2.75, 3.05) is 0 Å². The molecule has 7 nitrogen and oxygen atoms in total. The molecule has 0 amide bonds. The van der Waals surface area contributed by atoms with E-state index >= 15 is 0 Å². The van der Waals surface area contributed by atoms with Gasteiger partial charge in [0.2, 0.25) is 0 Å². The van der Waals surface area contributed by atoms with Crippen LogP contribution in [0, 0.1) is 26.7 Å². The number of H-pyrrole nitrogens is 1. The first kappa shape index (κ1) is 25.3. The Hall–Kier alpha value is -3.32. The summed E-state index contributed by atoms with van der Waals surface area (Å²) in [6.07, 6.45) is 4.66. The highest BCUT2D eigenvalue weighted by Gasteiger charge is 2.32. The third-order valence-electron chi connectivity index (χ3n) is 7.75. The van der Waals surface area contributed by atoms with Gasteiger partial charge in [0.25, 0.3) is 5.56 Å². The van der Waals surface area contributed by atoms with Gasteiger partial charge in [0.1, 0.15) is 0 Å². The molecule has 2 heterocycles. The molecule has 0 bridgehead atoms. The molecular formula is C30H38N6O. The first-order valence-electron chi connectivity index (χ1n) is 13.5. The van der Waals surface area contributed by atoms with Gasteiger partial charge in [-0.05, 0) is 78.8 Å². The zero-order chi connectivity index (χ0) is 26.1. The monoisotopic (exact) mass is 498 g/mol. The quantitative estimate of drug-likeness (QED) is 0.324. The molecule has 0 unspecified atom stereocenters. The lowest BCUT2D eigenvalue weighted by Crippen LogP contribution is -2.35. The molecule has 5 rings (SSSR count). The Kier molecular flexibility index (Phi) is 7.24. The van der Waals surface area contributed by atoms with Crippen LogP contribution >= 0.6 is 0 Å². The number of hydrogen-bond donors (Lipinski definition) is 1. The number of aryl methyl sites for hydroxylation is 3. The lowest BCUT2D eigenvalue weighted by molar-refractivity contribution is 0.123. The minimum Gasteiger partial charge on any atom is -0.322 e. The third kappa shape index (κ3) is 5.37. The van der Waals surface area contributed by atoms with E-state index in [2.05, 4.69) is 101 Å². The van der Waals surface area contributed by atoms with Crippen LogP contribution in [0.3, 0.4) is 0 Å². The van der Waals surface area contributed by atoms with Crippen molar-refractivity contribution in [3.63, 3.8) is 0 Å². The van der Waals surface area contributed by atoms with Gasteiger partial charge in [0.05, 0.1) is 12.1 Å². The van der Waals surface area contributed by atoms with Gasteiger partial charge in [-0.3, -0.25) is 9.69 Å². The average Bonchev–Trinajstić information content (AvgIpc) is 3.53. The number of benzene rings is 2. The highest BCUT2D eigenvalue weighted by atomic mass is 16.1. The van der Waals surface area contributed by atoms with Crippen LogP contribution in [0.15, 0.2) is 47.3 Å². The molecule has 1 atom stereocenters. The van der Waals surface area contributed by atoms with Crippen molar-refractivity contribution in [3.05, 3.63) is 86.5 Å². The summed E-state index contributed by atoms with van der Waals surface area (Å²) >= 11 is 0. The predicted molar refractivity (Wildman–Crippen MR) is 147 cm³/mol. The van der Waals surface area contributed by atoms with Gasteiger partial charge < -0.3 is 4.98 Å². The van der Waals surface area contributed by atoms with Gasteiger partial charge in [0, 0.05) is 29.6 Å². The number of nitrogens with one attached hydrogen (secondary N) is 1. The van der Waals surface area contributed by atoms with E-state index in [1.165, 1.54) is 29.5 Å². The van der Waals surface area contributed by atoms with Crippen LogP contribution in [0.25, 0.3) is 10.9 Å². The van der Waals surface area contributed by atoms with Crippen LogP contribution in [-0.2, 0) is 13.1 Å². The zero-order valence-corrected chi connectivity index (χ0v) is 22.7. The van der Waals surface area contributed by atoms with Crippen LogP contribution in [0.1, 0.15) is 85.3 Å². The second-order valence-corrected chi connectivity index (χ2v) is 11.2. The molecule has 2 aromatic carbocycles. The average molecular weight is 499 g/mol. The summed E-state index contributed by atoms with van der Waals surface area (Å²) in [4.78, 5) is 18.8. The molecular weight excluding hydrogens is 460 g/mol. The van der Waals surface area contributed by atoms with E-state index < -0.39 is 0 Å². The van der Waals surface area contributed by atoms with Gasteiger partial charge in [-0.1, -0.05) is 62.6 Å². The fourth-order valence-corrected chi connectivity index (χ4v) is 5.92. The van der Waals surface area contributed by atoms with E-state index in [1.54, 1.807) is 0 Å². The predicted octanol–water partition coefficient (Wildman–Crippen LogP) is 5.95. The molecule has 194 valence electrons. The van der Waals surface area contributed by atoms with Gasteiger partial charge in [-0.2, -0.15) is 0 Å². The number of rotatable bonds is 8. The van der Waals surface area contributed by atoms with Crippen molar-refractivity contribution in [3.8, 4) is 0 Å². The summed E-state index contributed by atoms with van der Waals surface area (Å²) in [7, 11) is 0. The Morgan fingerprint density at radius 1 is 1.00 bits per heavy atom. The standard InChI is InChI=1S/C30H38N6O/c1-19(2)28(29-32-33-34-36(29)25-8-6-7-9-25)35(17-23-12-10-20(3)11-13-23)18-24-16-26-22(5)14-21(4)15-27(26)31-30(24)37/h10-16,19,25,28H,6-9,17-18H2,1-5H3,(H,31,37)/t28-/m0/s1. The van der Waals surface area contributed by atoms with E-state index in [-0.39, 0.29) is 17.5 Å². The maximum absolute atomic E-state index is 13.3. The molecule has 4 aromatic rings. The molecule has 7 heteroatoms. The molecule has 1 aliphatic rings. The normalized spacial score (nSPS) is 15.3. The number of aromatic nitrogens is 5. The Bertz CT molecular complexity index is 1430. The van der Waals surface area contributed by atoms with Crippen LogP contribution in [0.4, 0.5) is 0 Å². The van der Waals surface area contributed by atoms with E-state index in [1.807, 2.05) is 6.07 Å². The summed E-state index contributed by atoms with van der Waals surface area (Å²) < 4.78 is 2.07. The zero-order valence-electron chi connectivity index (χ0n) is 22.7. The molecule has 37 heavy (non-hydrogen) atoms. The highest BCUT2D eigenvalue weighted by molar-refractivity contribution is 5.83. The van der Waals surface area contributed by atoms with E-state index in [4.69, 9.17) is 0 Å². The van der Waals surface area contributed by atoms with Crippen molar-refractivity contribution in [2.45, 2.75) is 85.5 Å². The molecule has 1 N–H and O–H groups in total. The summed E-state index contributed by atoms with van der Waals surface area (Å²) in [5.41, 5.74) is 6.37. The molecule has 0 radical (unpaired) electrons. The first-order chi connectivity index (χ1) is 17.8. The third-order valence-corrected chi connectivity index (χ3v) is 7.75. The molecule has 0 spiro atoms. The van der Waals surface area contributed by atoms with Gasteiger partial charge in [0.15, 0.2) is 5.82 Å². The maximum Gasteiger partial charge on any atom is 0.252 e. The first-order valence-corrected chi connectivity index (χ1v) is 13.5. The van der Waals surface area contributed by atoms with Crippen LogP contribution in [0.2, 0.25) is 0 Å². The minimum atomic E-state index is -0.0377. The SMILES string of the molecule is Cc1ccc(CN(Cc2cc3c(C)cc(C)cc3[nH]c2=O)[C@H](c2nnnn2C2CCCC2)C(C)C)cc1. The Labute approximate surface area is 218 Å². The number of hydrogen-bond acceptors (Lipinski definition) is 5. The molecule has 0 saturated heterocycles. The lowest BCUT2D eigenvalue weighted by Gasteiger charge is -2.34. The Morgan fingerprint density at radius 2 is 1.73 bits per heavy atom. The largest absolute Gasteiger partial charge is 0.322 e. The van der Waals surface area contributed by atoms with Crippen molar-refractivity contribution in [1.82, 2.24) is 30.1 Å². The molecule has 1 saturated carbocycles. The highest BCUT2D eigenvalue weighted by Crippen LogP contribution is 2.35. The Balaban J connectivity index is 1.58. The molecule has 1 fully saturated rings. The van der Waals surface area contributed by atoms with Gasteiger partial charge >= 0.3 is 0 Å². The van der Waals surface area contributed by atoms with E-state index in [0.717, 1.165) is 40.7 Å². The van der Waals surface area contributed by atoms with Crippen LogP contribution in [0.5, 0.6) is 0 Å². The van der Waals surface area contributed by atoms with Crippen molar-refractivity contribution < 1.29 is 0 Å². The summed E-state index contributed by atoms with van der Waals surface area (Å²) in [5.74, 6) is 1.15. The van der Waals surface area contributed by atoms with Crippen LogP contribution in [-0.4, -0.2) is 30.1 Å². The smallest absolute Gasteiger partial charge is 0.252 e. The fraction of sp³-hybridized carbons (Fsp3) is 0.467.